The standard InChI is InChI=1S/C31H25FN2O5S/c1-2-3-6-15-38-21-12-9-18(10-13-21)27-26(28(35)24-16-19-7-4-5-8-23(19)39-24)29(36)30(37)34(27)31-33-22-14-11-20(32)17-25(22)40-31/h4-5,7-14,16-17,27,36H,2-3,6,15H2,1H3. The fourth-order valence-electron chi connectivity index (χ4n) is 4.85. The van der Waals surface area contributed by atoms with Gasteiger partial charge in [0.15, 0.2) is 16.7 Å². The van der Waals surface area contributed by atoms with Crippen LogP contribution in [0.1, 0.15) is 48.3 Å². The summed E-state index contributed by atoms with van der Waals surface area (Å²) in [6, 6.07) is 19.0. The Labute approximate surface area is 233 Å². The van der Waals surface area contributed by atoms with Crippen LogP contribution in [0.3, 0.4) is 0 Å². The minimum Gasteiger partial charge on any atom is -0.503 e. The normalized spacial score (nSPS) is 15.5. The molecule has 2 aromatic heterocycles. The summed E-state index contributed by atoms with van der Waals surface area (Å²) in [6.45, 7) is 2.71. The molecule has 9 heteroatoms. The van der Waals surface area contributed by atoms with Gasteiger partial charge in [-0.2, -0.15) is 0 Å². The van der Waals surface area contributed by atoms with E-state index in [2.05, 4.69) is 11.9 Å². The van der Waals surface area contributed by atoms with Crippen LogP contribution in [-0.4, -0.2) is 28.4 Å². The molecule has 0 fully saturated rings. The van der Waals surface area contributed by atoms with Crippen LogP contribution in [0.4, 0.5) is 9.52 Å². The number of hydrogen-bond acceptors (Lipinski definition) is 7. The molecule has 1 aliphatic heterocycles. The molecule has 3 heterocycles. The Kier molecular flexibility index (Phi) is 6.81. The Hall–Kier alpha value is -4.50. The molecule has 40 heavy (non-hydrogen) atoms. The number of aliphatic hydroxyl groups excluding tert-OH is 1. The minimum absolute atomic E-state index is 0.00430. The Morgan fingerprint density at radius 2 is 1.90 bits per heavy atom. The number of para-hydroxylation sites is 1. The smallest absolute Gasteiger partial charge is 0.296 e. The highest BCUT2D eigenvalue weighted by Crippen LogP contribution is 2.44. The molecule has 1 aliphatic rings. The van der Waals surface area contributed by atoms with Gasteiger partial charge < -0.3 is 14.3 Å². The number of furan rings is 1. The van der Waals surface area contributed by atoms with Gasteiger partial charge in [-0.05, 0) is 54.4 Å². The largest absolute Gasteiger partial charge is 0.503 e. The number of halogens is 1. The molecular formula is C31H25FN2O5S. The van der Waals surface area contributed by atoms with Gasteiger partial charge in [-0.3, -0.25) is 14.5 Å². The van der Waals surface area contributed by atoms with Gasteiger partial charge in [0.2, 0.25) is 5.78 Å². The number of nitrogens with zero attached hydrogens (tertiary/aromatic N) is 2. The molecule has 0 saturated carbocycles. The Bertz CT molecular complexity index is 1740. The summed E-state index contributed by atoms with van der Waals surface area (Å²) in [5.41, 5.74) is 1.47. The van der Waals surface area contributed by atoms with Crippen molar-refractivity contribution in [2.45, 2.75) is 32.2 Å². The molecule has 6 rings (SSSR count). The van der Waals surface area contributed by atoms with Crippen molar-refractivity contribution in [3.05, 3.63) is 101 Å². The number of aliphatic hydroxyl groups is 1. The van der Waals surface area contributed by atoms with Gasteiger partial charge in [0, 0.05) is 5.39 Å². The molecule has 0 radical (unpaired) electrons. The highest BCUT2D eigenvalue weighted by atomic mass is 32.1. The highest BCUT2D eigenvalue weighted by Gasteiger charge is 2.46. The summed E-state index contributed by atoms with van der Waals surface area (Å²) in [4.78, 5) is 33.2. The number of ketones is 1. The average Bonchev–Trinajstić information content (AvgIpc) is 3.65. The van der Waals surface area contributed by atoms with Crippen LogP contribution in [0.5, 0.6) is 5.75 Å². The summed E-state index contributed by atoms with van der Waals surface area (Å²) < 4.78 is 26.1. The molecule has 1 atom stereocenters. The lowest BCUT2D eigenvalue weighted by Gasteiger charge is -2.24. The predicted molar refractivity (Wildman–Crippen MR) is 151 cm³/mol. The second-order valence-corrected chi connectivity index (χ2v) is 10.6. The molecule has 0 bridgehead atoms. The first-order valence-electron chi connectivity index (χ1n) is 13.0. The van der Waals surface area contributed by atoms with Crippen molar-refractivity contribution in [3.63, 3.8) is 0 Å². The first-order valence-corrected chi connectivity index (χ1v) is 13.8. The quantitative estimate of drug-likeness (QED) is 0.149. The number of hydrogen-bond donors (Lipinski definition) is 1. The number of fused-ring (bicyclic) bond motifs is 2. The fourth-order valence-corrected chi connectivity index (χ4v) is 5.87. The third kappa shape index (κ3) is 4.62. The average molecular weight is 557 g/mol. The van der Waals surface area contributed by atoms with Gasteiger partial charge in [-0.1, -0.05) is 61.4 Å². The predicted octanol–water partition coefficient (Wildman–Crippen LogP) is 7.53. The van der Waals surface area contributed by atoms with Gasteiger partial charge in [0.05, 0.1) is 28.4 Å². The number of thiazole rings is 1. The molecule has 0 aliphatic carbocycles. The summed E-state index contributed by atoms with van der Waals surface area (Å²) in [6.07, 6.45) is 3.10. The van der Waals surface area contributed by atoms with Crippen molar-refractivity contribution in [2.75, 3.05) is 11.5 Å². The maximum absolute atomic E-state index is 13.9. The van der Waals surface area contributed by atoms with Gasteiger partial charge in [-0.25, -0.2) is 9.37 Å². The van der Waals surface area contributed by atoms with E-state index in [4.69, 9.17) is 9.15 Å². The molecular weight excluding hydrogens is 531 g/mol. The molecule has 202 valence electrons. The number of Topliss-reactive ketones (excluding diaryl/α,β-unsaturated/α-hetero) is 1. The molecule has 1 unspecified atom stereocenters. The van der Waals surface area contributed by atoms with E-state index in [-0.39, 0.29) is 16.5 Å². The number of carbonyl (C=O) groups is 2. The zero-order chi connectivity index (χ0) is 27.8. The van der Waals surface area contributed by atoms with Crippen molar-refractivity contribution in [1.82, 2.24) is 4.98 Å². The fraction of sp³-hybridized carbons (Fsp3) is 0.194. The zero-order valence-corrected chi connectivity index (χ0v) is 22.4. The van der Waals surface area contributed by atoms with Crippen LogP contribution in [0.15, 0.2) is 88.5 Å². The summed E-state index contributed by atoms with van der Waals surface area (Å²) >= 11 is 1.10. The van der Waals surface area contributed by atoms with E-state index >= 15 is 0 Å². The lowest BCUT2D eigenvalue weighted by molar-refractivity contribution is -0.117. The monoisotopic (exact) mass is 556 g/mol. The van der Waals surface area contributed by atoms with Gasteiger partial charge in [0.25, 0.3) is 5.91 Å². The summed E-state index contributed by atoms with van der Waals surface area (Å²) in [5.74, 6) is -1.83. The minimum atomic E-state index is -0.993. The molecule has 7 nitrogen and oxygen atoms in total. The van der Waals surface area contributed by atoms with Gasteiger partial charge in [0.1, 0.15) is 17.1 Å². The second-order valence-electron chi connectivity index (χ2n) is 9.55. The molecule has 1 amide bonds. The van der Waals surface area contributed by atoms with E-state index in [1.165, 1.54) is 23.1 Å². The van der Waals surface area contributed by atoms with E-state index in [1.54, 1.807) is 42.5 Å². The zero-order valence-electron chi connectivity index (χ0n) is 21.6. The van der Waals surface area contributed by atoms with Crippen molar-refractivity contribution < 1.29 is 28.2 Å². The molecule has 0 saturated heterocycles. The van der Waals surface area contributed by atoms with Crippen molar-refractivity contribution >= 4 is 49.3 Å². The van der Waals surface area contributed by atoms with Crippen molar-refractivity contribution in [1.29, 1.82) is 0 Å². The second kappa shape index (κ2) is 10.6. The number of benzene rings is 3. The number of carbonyl (C=O) groups excluding carboxylic acids is 2. The molecule has 5 aromatic rings. The Morgan fingerprint density at radius 3 is 2.67 bits per heavy atom. The number of rotatable bonds is 9. The van der Waals surface area contributed by atoms with Crippen LogP contribution in [0.25, 0.3) is 21.2 Å². The number of ether oxygens (including phenoxy) is 1. The van der Waals surface area contributed by atoms with E-state index in [0.717, 1.165) is 36.0 Å². The number of unbranched alkanes of at least 4 members (excludes halogenated alkanes) is 2. The maximum Gasteiger partial charge on any atom is 0.296 e. The lowest BCUT2D eigenvalue weighted by Crippen LogP contribution is -2.30. The topological polar surface area (TPSA) is 92.9 Å². The van der Waals surface area contributed by atoms with Gasteiger partial charge >= 0.3 is 0 Å². The van der Waals surface area contributed by atoms with E-state index in [9.17, 15) is 19.1 Å². The van der Waals surface area contributed by atoms with Gasteiger partial charge in [-0.15, -0.1) is 0 Å². The van der Waals surface area contributed by atoms with E-state index < -0.39 is 29.3 Å². The van der Waals surface area contributed by atoms with Crippen molar-refractivity contribution in [3.8, 4) is 5.75 Å². The lowest BCUT2D eigenvalue weighted by atomic mass is 9.95. The Morgan fingerprint density at radius 1 is 1.10 bits per heavy atom. The van der Waals surface area contributed by atoms with Crippen LogP contribution in [0, 0.1) is 5.82 Å². The van der Waals surface area contributed by atoms with Crippen LogP contribution >= 0.6 is 11.3 Å². The number of aromatic nitrogens is 1. The van der Waals surface area contributed by atoms with E-state index in [0.29, 0.717) is 33.7 Å². The van der Waals surface area contributed by atoms with Crippen LogP contribution < -0.4 is 9.64 Å². The van der Waals surface area contributed by atoms with E-state index in [1.807, 2.05) is 12.1 Å². The first kappa shape index (κ1) is 25.8. The number of anilines is 1. The molecule has 3 aromatic carbocycles. The first-order chi connectivity index (χ1) is 19.4. The molecule has 1 N–H and O–H groups in total. The maximum atomic E-state index is 13.9. The third-order valence-electron chi connectivity index (χ3n) is 6.86. The number of amides is 1. The van der Waals surface area contributed by atoms with Crippen LogP contribution in [-0.2, 0) is 4.79 Å². The SMILES string of the molecule is CCCCCOc1ccc(C2C(C(=O)c3cc4ccccc4o3)=C(O)C(=O)N2c2nc3ccc(F)cc3s2)cc1. The summed E-state index contributed by atoms with van der Waals surface area (Å²) in [5, 5.41) is 12.0. The molecule has 0 spiro atoms. The summed E-state index contributed by atoms with van der Waals surface area (Å²) in [7, 11) is 0. The highest BCUT2D eigenvalue weighted by molar-refractivity contribution is 7.22. The Balaban J connectivity index is 1.42. The van der Waals surface area contributed by atoms with Crippen molar-refractivity contribution in [2.24, 2.45) is 0 Å². The van der Waals surface area contributed by atoms with Crippen LogP contribution in [0.2, 0.25) is 0 Å². The third-order valence-corrected chi connectivity index (χ3v) is 7.88.